The highest BCUT2D eigenvalue weighted by Crippen LogP contribution is 2.36. The Morgan fingerprint density at radius 2 is 1.59 bits per heavy atom. The van der Waals surface area contributed by atoms with Crippen LogP contribution in [0.15, 0.2) is 24.3 Å². The van der Waals surface area contributed by atoms with Gasteiger partial charge in [0, 0.05) is 24.8 Å². The molecular formula is C19H27NO2. The molecule has 120 valence electrons. The number of hydrogen-bond acceptors (Lipinski definition) is 2. The van der Waals surface area contributed by atoms with Crippen LogP contribution in [0.25, 0.3) is 0 Å². The molecule has 0 spiro atoms. The highest BCUT2D eigenvalue weighted by Gasteiger charge is 2.38. The summed E-state index contributed by atoms with van der Waals surface area (Å²) >= 11 is 0. The van der Waals surface area contributed by atoms with Gasteiger partial charge in [0.2, 0.25) is 0 Å². The van der Waals surface area contributed by atoms with Gasteiger partial charge in [-0.25, -0.2) is 0 Å². The number of rotatable bonds is 5. The first-order valence-corrected chi connectivity index (χ1v) is 8.59. The number of nitrogens with zero attached hydrogens (tertiary/aromatic N) is 1. The van der Waals surface area contributed by atoms with Crippen LogP contribution < -0.4 is 0 Å². The molecule has 2 aliphatic carbocycles. The quantitative estimate of drug-likeness (QED) is 0.822. The summed E-state index contributed by atoms with van der Waals surface area (Å²) in [6.45, 7) is 2.93. The maximum absolute atomic E-state index is 13.0. The fourth-order valence-corrected chi connectivity index (χ4v) is 3.56. The van der Waals surface area contributed by atoms with Gasteiger partial charge in [-0.2, -0.15) is 0 Å². The summed E-state index contributed by atoms with van der Waals surface area (Å²) in [4.78, 5) is 15.2. The molecule has 3 nitrogen and oxygen atoms in total. The second-order valence-electron chi connectivity index (χ2n) is 6.99. The topological polar surface area (TPSA) is 29.5 Å². The Kier molecular flexibility index (Phi) is 4.82. The number of carbonyl (C=O) groups excluding carboxylic acids is 1. The van der Waals surface area contributed by atoms with Crippen LogP contribution in [0.5, 0.6) is 0 Å². The van der Waals surface area contributed by atoms with E-state index in [1.165, 1.54) is 38.5 Å². The molecule has 2 aliphatic rings. The van der Waals surface area contributed by atoms with Crippen molar-refractivity contribution in [3.8, 4) is 0 Å². The SMILES string of the molecule is COCc1ccc(C(=O)N(C2CCC(C)CC2)C2CC2)cc1. The maximum Gasteiger partial charge on any atom is 0.254 e. The van der Waals surface area contributed by atoms with Gasteiger partial charge in [0.1, 0.15) is 0 Å². The highest BCUT2D eigenvalue weighted by molar-refractivity contribution is 5.94. The van der Waals surface area contributed by atoms with E-state index in [-0.39, 0.29) is 5.91 Å². The van der Waals surface area contributed by atoms with Crippen molar-refractivity contribution < 1.29 is 9.53 Å². The fourth-order valence-electron chi connectivity index (χ4n) is 3.56. The molecule has 1 aromatic carbocycles. The summed E-state index contributed by atoms with van der Waals surface area (Å²) in [6, 6.07) is 8.87. The Morgan fingerprint density at radius 3 is 2.09 bits per heavy atom. The Hall–Kier alpha value is -1.35. The summed E-state index contributed by atoms with van der Waals surface area (Å²) in [5, 5.41) is 0. The smallest absolute Gasteiger partial charge is 0.254 e. The molecule has 0 N–H and O–H groups in total. The lowest BCUT2D eigenvalue weighted by atomic mass is 9.86. The molecule has 0 aliphatic heterocycles. The molecule has 22 heavy (non-hydrogen) atoms. The van der Waals surface area contributed by atoms with Crippen molar-refractivity contribution in [2.24, 2.45) is 5.92 Å². The van der Waals surface area contributed by atoms with Gasteiger partial charge in [0.15, 0.2) is 0 Å². The lowest BCUT2D eigenvalue weighted by Gasteiger charge is -2.36. The zero-order valence-corrected chi connectivity index (χ0v) is 13.8. The standard InChI is InChI=1S/C19H27NO2/c1-14-3-9-17(10-4-14)20(18-11-12-18)19(21)16-7-5-15(6-8-16)13-22-2/h5-8,14,17-18H,3-4,9-13H2,1-2H3. The van der Waals surface area contributed by atoms with E-state index in [0.717, 1.165) is 17.0 Å². The van der Waals surface area contributed by atoms with Gasteiger partial charge in [0.25, 0.3) is 5.91 Å². The highest BCUT2D eigenvalue weighted by atomic mass is 16.5. The largest absolute Gasteiger partial charge is 0.380 e. The van der Waals surface area contributed by atoms with Gasteiger partial charge in [-0.05, 0) is 62.1 Å². The second kappa shape index (κ2) is 6.82. The van der Waals surface area contributed by atoms with Gasteiger partial charge in [-0.1, -0.05) is 19.1 Å². The van der Waals surface area contributed by atoms with E-state index in [1.54, 1.807) is 7.11 Å². The lowest BCUT2D eigenvalue weighted by Crippen LogP contribution is -2.43. The summed E-state index contributed by atoms with van der Waals surface area (Å²) in [5.41, 5.74) is 1.94. The normalized spacial score (nSPS) is 25.0. The molecule has 0 atom stereocenters. The first-order chi connectivity index (χ1) is 10.7. The minimum absolute atomic E-state index is 0.228. The molecule has 0 unspecified atom stereocenters. The van der Waals surface area contributed by atoms with Crippen molar-refractivity contribution in [3.63, 3.8) is 0 Å². The molecule has 0 radical (unpaired) electrons. The van der Waals surface area contributed by atoms with Gasteiger partial charge in [-0.15, -0.1) is 0 Å². The first-order valence-electron chi connectivity index (χ1n) is 8.59. The van der Waals surface area contributed by atoms with E-state index < -0.39 is 0 Å². The number of hydrogen-bond donors (Lipinski definition) is 0. The molecule has 3 heteroatoms. The summed E-state index contributed by atoms with van der Waals surface area (Å²) < 4.78 is 5.13. The Labute approximate surface area is 133 Å². The van der Waals surface area contributed by atoms with Crippen LogP contribution in [0.3, 0.4) is 0 Å². The number of amides is 1. The summed E-state index contributed by atoms with van der Waals surface area (Å²) in [5.74, 6) is 1.05. The maximum atomic E-state index is 13.0. The molecule has 0 bridgehead atoms. The van der Waals surface area contributed by atoms with E-state index in [0.29, 0.717) is 18.7 Å². The summed E-state index contributed by atoms with van der Waals surface area (Å²) in [6.07, 6.45) is 7.22. The van der Waals surface area contributed by atoms with Crippen molar-refractivity contribution in [1.82, 2.24) is 4.90 Å². The van der Waals surface area contributed by atoms with Crippen LogP contribution >= 0.6 is 0 Å². The van der Waals surface area contributed by atoms with Crippen LogP contribution in [-0.2, 0) is 11.3 Å². The number of methoxy groups -OCH3 is 1. The van der Waals surface area contributed by atoms with Crippen molar-refractivity contribution in [1.29, 1.82) is 0 Å². The molecule has 1 aromatic rings. The zero-order valence-electron chi connectivity index (χ0n) is 13.8. The molecule has 2 saturated carbocycles. The van der Waals surface area contributed by atoms with Crippen molar-refractivity contribution >= 4 is 5.91 Å². The summed E-state index contributed by atoms with van der Waals surface area (Å²) in [7, 11) is 1.69. The van der Waals surface area contributed by atoms with Crippen LogP contribution in [0, 0.1) is 5.92 Å². The van der Waals surface area contributed by atoms with Crippen molar-refractivity contribution in [2.45, 2.75) is 64.1 Å². The van der Waals surface area contributed by atoms with Crippen LogP contribution in [-0.4, -0.2) is 30.0 Å². The third-order valence-corrected chi connectivity index (χ3v) is 5.07. The van der Waals surface area contributed by atoms with E-state index >= 15 is 0 Å². The van der Waals surface area contributed by atoms with Crippen molar-refractivity contribution in [2.75, 3.05) is 7.11 Å². The van der Waals surface area contributed by atoms with Crippen LogP contribution in [0.2, 0.25) is 0 Å². The Bertz CT molecular complexity index is 499. The molecule has 0 aromatic heterocycles. The Balaban J connectivity index is 1.72. The van der Waals surface area contributed by atoms with E-state index in [1.807, 2.05) is 24.3 Å². The third-order valence-electron chi connectivity index (χ3n) is 5.07. The molecule has 3 rings (SSSR count). The fraction of sp³-hybridized carbons (Fsp3) is 0.632. The molecule has 0 heterocycles. The van der Waals surface area contributed by atoms with Crippen molar-refractivity contribution in [3.05, 3.63) is 35.4 Å². The Morgan fingerprint density at radius 1 is 1.05 bits per heavy atom. The van der Waals surface area contributed by atoms with E-state index in [4.69, 9.17) is 4.74 Å². The second-order valence-corrected chi connectivity index (χ2v) is 6.99. The lowest BCUT2D eigenvalue weighted by molar-refractivity contribution is 0.0593. The zero-order chi connectivity index (χ0) is 15.5. The monoisotopic (exact) mass is 301 g/mol. The molecule has 1 amide bonds. The minimum atomic E-state index is 0.228. The van der Waals surface area contributed by atoms with Crippen LogP contribution in [0.1, 0.15) is 61.4 Å². The molecule has 0 saturated heterocycles. The van der Waals surface area contributed by atoms with E-state index in [9.17, 15) is 4.79 Å². The average Bonchev–Trinajstić information content (AvgIpc) is 3.35. The predicted molar refractivity (Wildman–Crippen MR) is 87.8 cm³/mol. The molecular weight excluding hydrogens is 274 g/mol. The first kappa shape index (κ1) is 15.5. The van der Waals surface area contributed by atoms with Gasteiger partial charge >= 0.3 is 0 Å². The number of benzene rings is 1. The minimum Gasteiger partial charge on any atom is -0.380 e. The number of ether oxygens (including phenoxy) is 1. The van der Waals surface area contributed by atoms with E-state index in [2.05, 4.69) is 11.8 Å². The predicted octanol–water partition coefficient (Wildman–Crippen LogP) is 4.02. The van der Waals surface area contributed by atoms with Gasteiger partial charge in [-0.3, -0.25) is 4.79 Å². The van der Waals surface area contributed by atoms with Crippen LogP contribution in [0.4, 0.5) is 0 Å². The third kappa shape index (κ3) is 3.52. The average molecular weight is 301 g/mol. The van der Waals surface area contributed by atoms with Gasteiger partial charge < -0.3 is 9.64 Å². The number of carbonyl (C=O) groups is 1. The molecule has 2 fully saturated rings. The van der Waals surface area contributed by atoms with Gasteiger partial charge in [0.05, 0.1) is 6.61 Å².